The summed E-state index contributed by atoms with van der Waals surface area (Å²) in [5.41, 5.74) is 10.0. The summed E-state index contributed by atoms with van der Waals surface area (Å²) in [4.78, 5) is 61.2. The molecule has 0 bridgehead atoms. The number of benzene rings is 2. The van der Waals surface area contributed by atoms with E-state index >= 15 is 0 Å². The minimum atomic E-state index is -0.675. The molecule has 0 atom stereocenters. The maximum atomic E-state index is 13.7. The number of aliphatic hydroxyl groups is 1. The summed E-state index contributed by atoms with van der Waals surface area (Å²) in [5.74, 6) is -0.521. The molecule has 6 rings (SSSR count). The van der Waals surface area contributed by atoms with Crippen molar-refractivity contribution in [2.75, 3.05) is 44.2 Å². The van der Waals surface area contributed by atoms with Crippen molar-refractivity contribution in [2.45, 2.75) is 66.7 Å². The van der Waals surface area contributed by atoms with Crippen LogP contribution < -0.4 is 25.8 Å². The highest BCUT2D eigenvalue weighted by atomic mass is 16.5. The molecule has 0 fully saturated rings. The SMILES string of the molecule is CCn1nc(C)cc1C(=O)Nc1nc2cc(C=O)cc(OCCCO)c2n1C/C=C/Cn1c(NC(=O)c2cc(C)nn2CC)nc2cc(C(N)=O)cc(OCCCOC)c21. The minimum absolute atomic E-state index is 0.0959. The third kappa shape index (κ3) is 9.37. The number of carbonyl (C=O) groups is 4. The van der Waals surface area contributed by atoms with Crippen molar-refractivity contribution in [3.8, 4) is 11.5 Å². The summed E-state index contributed by atoms with van der Waals surface area (Å²) >= 11 is 0. The fraction of sp³-hybridized carbons (Fsp3) is 0.366. The Kier molecular flexibility index (Phi) is 13.7. The lowest BCUT2D eigenvalue weighted by atomic mass is 10.1. The van der Waals surface area contributed by atoms with Crippen molar-refractivity contribution < 1.29 is 38.5 Å². The number of aldehydes is 1. The van der Waals surface area contributed by atoms with E-state index in [2.05, 4.69) is 20.8 Å². The minimum Gasteiger partial charge on any atom is -0.491 e. The van der Waals surface area contributed by atoms with Gasteiger partial charge in [-0.1, -0.05) is 12.2 Å². The first-order chi connectivity index (χ1) is 29.0. The second-order valence-corrected chi connectivity index (χ2v) is 13.8. The zero-order valence-electron chi connectivity index (χ0n) is 34.2. The van der Waals surface area contributed by atoms with Gasteiger partial charge in [-0.2, -0.15) is 10.2 Å². The number of nitrogens with two attached hydrogens (primary N) is 1. The molecule has 316 valence electrons. The van der Waals surface area contributed by atoms with Crippen molar-refractivity contribution in [3.63, 3.8) is 0 Å². The molecule has 0 spiro atoms. The number of aliphatic hydroxyl groups excluding tert-OH is 1. The van der Waals surface area contributed by atoms with Crippen LogP contribution in [0.1, 0.15) is 79.8 Å². The molecule has 4 heterocycles. The molecule has 0 aliphatic carbocycles. The van der Waals surface area contributed by atoms with Crippen molar-refractivity contribution in [2.24, 2.45) is 5.73 Å². The number of amides is 3. The van der Waals surface area contributed by atoms with Crippen LogP contribution in [0, 0.1) is 13.8 Å². The number of methoxy groups -OCH3 is 1. The average molecular weight is 824 g/mol. The number of nitrogens with one attached hydrogen (secondary N) is 2. The number of aryl methyl sites for hydroxylation is 4. The molecule has 19 heteroatoms. The highest BCUT2D eigenvalue weighted by Gasteiger charge is 2.23. The zero-order valence-corrected chi connectivity index (χ0v) is 34.2. The van der Waals surface area contributed by atoms with E-state index in [1.807, 2.05) is 26.0 Å². The van der Waals surface area contributed by atoms with Crippen LogP contribution in [0.25, 0.3) is 22.1 Å². The Labute approximate surface area is 345 Å². The average Bonchev–Trinajstić information content (AvgIpc) is 4.00. The highest BCUT2D eigenvalue weighted by molar-refractivity contribution is 6.05. The van der Waals surface area contributed by atoms with Gasteiger partial charge < -0.3 is 34.2 Å². The number of imidazole rings is 2. The predicted molar refractivity (Wildman–Crippen MR) is 223 cm³/mol. The first kappa shape index (κ1) is 42.7. The molecule has 0 unspecified atom stereocenters. The van der Waals surface area contributed by atoms with Gasteiger partial charge in [0.15, 0.2) is 0 Å². The normalized spacial score (nSPS) is 11.5. The lowest BCUT2D eigenvalue weighted by Crippen LogP contribution is -2.20. The second kappa shape index (κ2) is 19.3. The van der Waals surface area contributed by atoms with Gasteiger partial charge in [0.2, 0.25) is 17.8 Å². The van der Waals surface area contributed by atoms with E-state index in [-0.39, 0.29) is 50.4 Å². The third-order valence-corrected chi connectivity index (χ3v) is 9.43. The van der Waals surface area contributed by atoms with Gasteiger partial charge in [0.05, 0.1) is 35.6 Å². The molecule has 0 radical (unpaired) electrons. The van der Waals surface area contributed by atoms with Crippen molar-refractivity contribution in [1.29, 1.82) is 0 Å². The maximum absolute atomic E-state index is 13.7. The molecule has 0 saturated carbocycles. The number of nitrogens with zero attached hydrogens (tertiary/aromatic N) is 8. The van der Waals surface area contributed by atoms with Gasteiger partial charge in [-0.3, -0.25) is 39.2 Å². The molecule has 19 nitrogen and oxygen atoms in total. The van der Waals surface area contributed by atoms with Crippen LogP contribution in [-0.2, 0) is 30.9 Å². The monoisotopic (exact) mass is 823 g/mol. The topological polar surface area (TPSA) is 238 Å². The van der Waals surface area contributed by atoms with Gasteiger partial charge in [0.1, 0.15) is 40.2 Å². The van der Waals surface area contributed by atoms with E-state index in [1.165, 1.54) is 0 Å². The molecule has 4 aromatic heterocycles. The fourth-order valence-electron chi connectivity index (χ4n) is 6.72. The summed E-state index contributed by atoms with van der Waals surface area (Å²) < 4.78 is 24.1. The summed E-state index contributed by atoms with van der Waals surface area (Å²) in [6, 6.07) is 9.65. The molecular weight excluding hydrogens is 775 g/mol. The molecule has 0 saturated heterocycles. The van der Waals surface area contributed by atoms with Crippen LogP contribution >= 0.6 is 0 Å². The maximum Gasteiger partial charge on any atom is 0.276 e. The van der Waals surface area contributed by atoms with Crippen LogP contribution in [0.2, 0.25) is 0 Å². The van der Waals surface area contributed by atoms with Gasteiger partial charge in [0.25, 0.3) is 11.8 Å². The fourth-order valence-corrected chi connectivity index (χ4v) is 6.72. The summed E-state index contributed by atoms with van der Waals surface area (Å²) in [6.45, 7) is 9.40. The highest BCUT2D eigenvalue weighted by Crippen LogP contribution is 2.33. The van der Waals surface area contributed by atoms with Gasteiger partial charge in [-0.25, -0.2) is 9.97 Å². The van der Waals surface area contributed by atoms with Crippen molar-refractivity contribution in [3.05, 3.63) is 82.5 Å². The Balaban J connectivity index is 1.41. The lowest BCUT2D eigenvalue weighted by molar-refractivity contribution is 0.0994. The molecule has 5 N–H and O–H groups in total. The van der Waals surface area contributed by atoms with Gasteiger partial charge >= 0.3 is 0 Å². The largest absolute Gasteiger partial charge is 0.491 e. The molecule has 6 aromatic rings. The van der Waals surface area contributed by atoms with Crippen LogP contribution in [-0.4, -0.2) is 101 Å². The van der Waals surface area contributed by atoms with Crippen molar-refractivity contribution in [1.82, 2.24) is 38.7 Å². The van der Waals surface area contributed by atoms with Gasteiger partial charge in [-0.05, 0) is 64.1 Å². The lowest BCUT2D eigenvalue weighted by Gasteiger charge is -2.13. The zero-order chi connectivity index (χ0) is 42.9. The summed E-state index contributed by atoms with van der Waals surface area (Å²) in [5, 5.41) is 24.1. The van der Waals surface area contributed by atoms with E-state index < -0.39 is 17.7 Å². The molecule has 3 amide bonds. The number of aromatic nitrogens is 8. The summed E-state index contributed by atoms with van der Waals surface area (Å²) in [6.07, 6.45) is 5.28. The molecule has 2 aromatic carbocycles. The summed E-state index contributed by atoms with van der Waals surface area (Å²) in [7, 11) is 1.59. The number of hydrogen-bond acceptors (Lipinski definition) is 12. The standard InChI is InChI=1S/C41H49N11O8/c1-6-51-31(18-25(3)47-51)38(56)45-40-43-29-20-27(24-54)21-33(59-16-10-14-53)35(29)49(40)12-8-9-13-50-36-30(22-28(37(42)55)23-34(36)60-17-11-15-58-5)44-41(50)46-39(57)32-19-26(4)48-52(32)7-2/h8-9,18-24,53H,6-7,10-17H2,1-5H3,(H2,42,55)(H,43,45,56)(H,44,46,57)/b9-8+. The quantitative estimate of drug-likeness (QED) is 0.0452. The predicted octanol–water partition coefficient (Wildman–Crippen LogP) is 4.28. The third-order valence-electron chi connectivity index (χ3n) is 9.43. The first-order valence-electron chi connectivity index (χ1n) is 19.6. The Morgan fingerprint density at radius 1 is 0.750 bits per heavy atom. The Morgan fingerprint density at radius 3 is 1.75 bits per heavy atom. The molecular formula is C41H49N11O8. The molecule has 60 heavy (non-hydrogen) atoms. The first-order valence-corrected chi connectivity index (χ1v) is 19.6. The Bertz CT molecular complexity index is 2560. The number of anilines is 2. The number of hydrogen-bond donors (Lipinski definition) is 4. The van der Waals surface area contributed by atoms with E-state index in [9.17, 15) is 24.3 Å². The van der Waals surface area contributed by atoms with Gasteiger partial charge in [0, 0.05) is 70.5 Å². The number of allylic oxidation sites excluding steroid dienone is 2. The second-order valence-electron chi connectivity index (χ2n) is 13.8. The van der Waals surface area contributed by atoms with E-state index in [0.717, 1.165) is 0 Å². The van der Waals surface area contributed by atoms with Gasteiger partial charge in [-0.15, -0.1) is 0 Å². The number of rotatable bonds is 21. The molecule has 0 aliphatic rings. The van der Waals surface area contributed by atoms with Crippen LogP contribution in [0.5, 0.6) is 11.5 Å². The van der Waals surface area contributed by atoms with Crippen LogP contribution in [0.15, 0.2) is 48.6 Å². The van der Waals surface area contributed by atoms with Crippen LogP contribution in [0.3, 0.4) is 0 Å². The van der Waals surface area contributed by atoms with E-state index in [0.29, 0.717) is 101 Å². The molecule has 0 aliphatic heterocycles. The van der Waals surface area contributed by atoms with Crippen LogP contribution in [0.4, 0.5) is 11.9 Å². The number of carbonyl (C=O) groups excluding carboxylic acids is 4. The number of primary amides is 1. The van der Waals surface area contributed by atoms with E-state index in [4.69, 9.17) is 29.9 Å². The van der Waals surface area contributed by atoms with E-state index in [1.54, 1.807) is 75.9 Å². The van der Waals surface area contributed by atoms with Crippen molar-refractivity contribution >= 4 is 58.0 Å². The Morgan fingerprint density at radius 2 is 1.27 bits per heavy atom. The Hall–Kier alpha value is -6.86. The smallest absolute Gasteiger partial charge is 0.276 e. The number of fused-ring (bicyclic) bond motifs is 2. The number of ether oxygens (including phenoxy) is 3.